The summed E-state index contributed by atoms with van der Waals surface area (Å²) in [5, 5.41) is 4.93. The number of halogens is 1. The molecule has 0 N–H and O–H groups in total. The van der Waals surface area contributed by atoms with Gasteiger partial charge in [-0.1, -0.05) is 36.8 Å². The maximum Gasteiger partial charge on any atom is 0.225 e. The van der Waals surface area contributed by atoms with Gasteiger partial charge < -0.3 is 4.90 Å². The lowest BCUT2D eigenvalue weighted by Gasteiger charge is -2.30. The zero-order valence-electron chi connectivity index (χ0n) is 18.5. The summed E-state index contributed by atoms with van der Waals surface area (Å²) in [5.74, 6) is 0.137. The second kappa shape index (κ2) is 8.87. The fourth-order valence-corrected chi connectivity index (χ4v) is 4.71. The predicted octanol–water partition coefficient (Wildman–Crippen LogP) is 4.33. The van der Waals surface area contributed by atoms with E-state index >= 15 is 0 Å². The zero-order chi connectivity index (χ0) is 22.1. The summed E-state index contributed by atoms with van der Waals surface area (Å²) in [7, 11) is 1.88. The van der Waals surface area contributed by atoms with Crippen LogP contribution in [0.2, 0.25) is 0 Å². The van der Waals surface area contributed by atoms with Gasteiger partial charge in [-0.3, -0.25) is 9.69 Å². The van der Waals surface area contributed by atoms with Gasteiger partial charge >= 0.3 is 0 Å². The molecular formula is C26H29FN4O. The summed E-state index contributed by atoms with van der Waals surface area (Å²) in [4.78, 5) is 17.0. The molecule has 1 amide bonds. The van der Waals surface area contributed by atoms with Crippen LogP contribution in [0.25, 0.3) is 5.69 Å². The van der Waals surface area contributed by atoms with Crippen molar-refractivity contribution < 1.29 is 9.18 Å². The topological polar surface area (TPSA) is 41.4 Å². The third-order valence-electron chi connectivity index (χ3n) is 6.76. The normalized spacial score (nSPS) is 16.4. The molecule has 0 bridgehead atoms. The van der Waals surface area contributed by atoms with Crippen LogP contribution in [0.4, 0.5) is 4.39 Å². The molecule has 2 heterocycles. The number of hydrogen-bond acceptors (Lipinski definition) is 3. The predicted molar refractivity (Wildman–Crippen MR) is 122 cm³/mol. The van der Waals surface area contributed by atoms with Gasteiger partial charge in [0.2, 0.25) is 5.91 Å². The largest absolute Gasteiger partial charge is 0.340 e. The van der Waals surface area contributed by atoms with E-state index in [1.807, 2.05) is 22.7 Å². The molecule has 0 spiro atoms. The molecule has 1 fully saturated rings. The summed E-state index contributed by atoms with van der Waals surface area (Å²) < 4.78 is 15.5. The third-order valence-corrected chi connectivity index (χ3v) is 6.76. The highest BCUT2D eigenvalue weighted by atomic mass is 19.1. The van der Waals surface area contributed by atoms with Crippen LogP contribution in [0.3, 0.4) is 0 Å². The molecule has 166 valence electrons. The van der Waals surface area contributed by atoms with Gasteiger partial charge in [-0.25, -0.2) is 9.07 Å². The van der Waals surface area contributed by atoms with Crippen molar-refractivity contribution in [1.82, 2.24) is 19.6 Å². The first-order valence-corrected chi connectivity index (χ1v) is 11.5. The van der Waals surface area contributed by atoms with Gasteiger partial charge in [-0.15, -0.1) is 0 Å². The Bertz CT molecular complexity index is 1090. The Morgan fingerprint density at radius 2 is 1.88 bits per heavy atom. The first-order valence-electron chi connectivity index (χ1n) is 11.5. The minimum Gasteiger partial charge on any atom is -0.340 e. The smallest absolute Gasteiger partial charge is 0.225 e. The monoisotopic (exact) mass is 432 g/mol. The molecule has 1 aliphatic carbocycles. The zero-order valence-corrected chi connectivity index (χ0v) is 18.5. The molecule has 0 radical (unpaired) electrons. The van der Waals surface area contributed by atoms with E-state index in [9.17, 15) is 9.18 Å². The second-order valence-corrected chi connectivity index (χ2v) is 9.03. The summed E-state index contributed by atoms with van der Waals surface area (Å²) >= 11 is 0. The van der Waals surface area contributed by atoms with Crippen LogP contribution in [0.5, 0.6) is 0 Å². The maximum atomic E-state index is 13.5. The molecule has 1 saturated carbocycles. The van der Waals surface area contributed by atoms with Gasteiger partial charge in [-0.05, 0) is 42.7 Å². The molecule has 32 heavy (non-hydrogen) atoms. The van der Waals surface area contributed by atoms with Gasteiger partial charge in [0.05, 0.1) is 23.6 Å². The molecule has 1 aromatic heterocycles. The Morgan fingerprint density at radius 3 is 2.56 bits per heavy atom. The molecule has 5 rings (SSSR count). The van der Waals surface area contributed by atoms with Crippen molar-refractivity contribution in [2.75, 3.05) is 13.6 Å². The van der Waals surface area contributed by atoms with Crippen LogP contribution in [-0.4, -0.2) is 39.1 Å². The summed E-state index contributed by atoms with van der Waals surface area (Å²) in [6, 6.07) is 17.0. The number of rotatable bonds is 6. The Labute approximate surface area is 188 Å². The van der Waals surface area contributed by atoms with Crippen LogP contribution >= 0.6 is 0 Å². The molecule has 3 aromatic rings. The van der Waals surface area contributed by atoms with E-state index in [0.29, 0.717) is 6.54 Å². The summed E-state index contributed by atoms with van der Waals surface area (Å²) in [6.07, 6.45) is 4.01. The summed E-state index contributed by atoms with van der Waals surface area (Å²) in [6.45, 7) is 3.13. The van der Waals surface area contributed by atoms with E-state index in [0.717, 1.165) is 56.7 Å². The Kier molecular flexibility index (Phi) is 5.79. The summed E-state index contributed by atoms with van der Waals surface area (Å²) in [5.41, 5.74) is 5.46. The van der Waals surface area contributed by atoms with Crippen LogP contribution in [0, 0.1) is 11.7 Å². The fourth-order valence-electron chi connectivity index (χ4n) is 4.71. The van der Waals surface area contributed by atoms with Gasteiger partial charge in [0, 0.05) is 44.6 Å². The quantitative estimate of drug-likeness (QED) is 0.582. The van der Waals surface area contributed by atoms with Crippen LogP contribution in [-0.2, 0) is 30.8 Å². The average Bonchev–Trinajstić information content (AvgIpc) is 3.11. The molecule has 2 aliphatic rings. The Hall–Kier alpha value is -2.99. The molecule has 0 atom stereocenters. The van der Waals surface area contributed by atoms with Crippen molar-refractivity contribution in [3.05, 3.63) is 82.9 Å². The molecule has 6 heteroatoms. The molecule has 1 aliphatic heterocycles. The highest BCUT2D eigenvalue weighted by Crippen LogP contribution is 2.30. The Morgan fingerprint density at radius 1 is 1.12 bits per heavy atom. The van der Waals surface area contributed by atoms with E-state index < -0.39 is 0 Å². The van der Waals surface area contributed by atoms with Crippen molar-refractivity contribution in [1.29, 1.82) is 0 Å². The molecule has 0 unspecified atom stereocenters. The number of hydrogen-bond donors (Lipinski definition) is 0. The minimum atomic E-state index is -0.255. The second-order valence-electron chi connectivity index (χ2n) is 9.03. The van der Waals surface area contributed by atoms with Gasteiger partial charge in [0.15, 0.2) is 0 Å². The highest BCUT2D eigenvalue weighted by molar-refractivity contribution is 5.79. The van der Waals surface area contributed by atoms with E-state index in [2.05, 4.69) is 29.2 Å². The number of fused-ring (bicyclic) bond motifs is 1. The molecule has 5 nitrogen and oxygen atoms in total. The van der Waals surface area contributed by atoms with Crippen LogP contribution in [0.15, 0.2) is 54.6 Å². The van der Waals surface area contributed by atoms with E-state index in [-0.39, 0.29) is 17.6 Å². The lowest BCUT2D eigenvalue weighted by atomic mass is 9.84. The van der Waals surface area contributed by atoms with Gasteiger partial charge in [-0.2, -0.15) is 5.10 Å². The standard InChI is InChI=1S/C26H29FN4O/c1-29(26(32)20-8-5-9-20)18-24-23-17-30(16-19-6-3-2-4-7-19)15-14-25(23)31(28-24)22-12-10-21(27)11-13-22/h2-4,6-7,10-13,20H,5,8-9,14-18H2,1H3. The fraction of sp³-hybridized carbons (Fsp3) is 0.385. The van der Waals surface area contributed by atoms with E-state index in [4.69, 9.17) is 5.10 Å². The number of carbonyl (C=O) groups excluding carboxylic acids is 1. The number of aromatic nitrogens is 2. The van der Waals surface area contributed by atoms with Gasteiger partial charge in [0.25, 0.3) is 0 Å². The molecule has 2 aromatic carbocycles. The minimum absolute atomic E-state index is 0.171. The molecular weight excluding hydrogens is 403 g/mol. The highest BCUT2D eigenvalue weighted by Gasteiger charge is 2.30. The first-order chi connectivity index (χ1) is 15.6. The lowest BCUT2D eigenvalue weighted by Crippen LogP contribution is -2.36. The van der Waals surface area contributed by atoms with Crippen molar-refractivity contribution in [3.8, 4) is 5.69 Å². The van der Waals surface area contributed by atoms with Crippen LogP contribution in [0.1, 0.15) is 41.8 Å². The van der Waals surface area contributed by atoms with Crippen molar-refractivity contribution in [3.63, 3.8) is 0 Å². The van der Waals surface area contributed by atoms with Crippen molar-refractivity contribution in [2.24, 2.45) is 5.92 Å². The maximum absolute atomic E-state index is 13.5. The number of nitrogens with zero attached hydrogens (tertiary/aromatic N) is 4. The Balaban J connectivity index is 1.44. The lowest BCUT2D eigenvalue weighted by molar-refractivity contribution is -0.137. The van der Waals surface area contributed by atoms with Crippen LogP contribution < -0.4 is 0 Å². The van der Waals surface area contributed by atoms with Crippen molar-refractivity contribution in [2.45, 2.75) is 45.3 Å². The number of benzene rings is 2. The third kappa shape index (κ3) is 4.19. The average molecular weight is 433 g/mol. The van der Waals surface area contributed by atoms with E-state index in [1.165, 1.54) is 29.0 Å². The number of carbonyl (C=O) groups is 1. The van der Waals surface area contributed by atoms with Crippen molar-refractivity contribution >= 4 is 5.91 Å². The van der Waals surface area contributed by atoms with Gasteiger partial charge in [0.1, 0.15) is 5.82 Å². The first kappa shape index (κ1) is 20.9. The number of amides is 1. The van der Waals surface area contributed by atoms with E-state index in [1.54, 1.807) is 12.1 Å². The molecule has 0 saturated heterocycles. The SMILES string of the molecule is CN(Cc1nn(-c2ccc(F)cc2)c2c1CN(Cc1ccccc1)CC2)C(=O)C1CCC1.